The summed E-state index contributed by atoms with van der Waals surface area (Å²) >= 11 is 0. The van der Waals surface area contributed by atoms with Crippen LogP contribution in [0.2, 0.25) is 0 Å². The molecule has 3 aromatic carbocycles. The molecule has 0 spiro atoms. The number of hydrogen-bond donors (Lipinski definition) is 3. The van der Waals surface area contributed by atoms with Crippen LogP contribution >= 0.6 is 0 Å². The van der Waals surface area contributed by atoms with E-state index in [1.807, 2.05) is 24.3 Å². The molecule has 2 aliphatic rings. The van der Waals surface area contributed by atoms with Crippen molar-refractivity contribution in [3.63, 3.8) is 0 Å². The van der Waals surface area contributed by atoms with Crippen molar-refractivity contribution in [3.8, 4) is 11.5 Å². The molecule has 1 fully saturated rings. The lowest BCUT2D eigenvalue weighted by Gasteiger charge is -2.48. The smallest absolute Gasteiger partial charge is 0.250 e. The number of sulfone groups is 1. The standard InChI is InChI=1S/C31H29F4N3O3S/c1-3-5-18-6-4-7-19(12-18)30(16-31(34,35)17-30)26-15-37-29(38-26)22-13-20(8-9-23(22)32)41-27-24(33)14-25-21(10-11-36-25)28(27)42(2,39)40/h4,6-15,29,36-38H,3,5,16-17H2,1-2H3. The van der Waals surface area contributed by atoms with Crippen molar-refractivity contribution in [2.24, 2.45) is 0 Å². The van der Waals surface area contributed by atoms with Crippen molar-refractivity contribution in [2.75, 3.05) is 6.26 Å². The van der Waals surface area contributed by atoms with Gasteiger partial charge in [0, 0.05) is 65.1 Å². The maximum absolute atomic E-state index is 15.1. The Morgan fingerprint density at radius 3 is 2.52 bits per heavy atom. The van der Waals surface area contributed by atoms with Crippen molar-refractivity contribution in [1.29, 1.82) is 0 Å². The molecule has 1 unspecified atom stereocenters. The Labute approximate surface area is 240 Å². The molecular formula is C31H29F4N3O3S. The number of aromatic nitrogens is 1. The van der Waals surface area contributed by atoms with E-state index >= 15 is 8.78 Å². The van der Waals surface area contributed by atoms with Crippen molar-refractivity contribution >= 4 is 20.7 Å². The third-order valence-corrected chi connectivity index (χ3v) is 9.08. The lowest BCUT2D eigenvalue weighted by atomic mass is 9.60. The molecule has 4 aromatic rings. The quantitative estimate of drug-likeness (QED) is 0.190. The zero-order valence-electron chi connectivity index (χ0n) is 22.9. The first-order valence-electron chi connectivity index (χ1n) is 13.6. The summed E-state index contributed by atoms with van der Waals surface area (Å²) in [6.07, 6.45) is 4.18. The van der Waals surface area contributed by atoms with Crippen LogP contribution in [-0.2, 0) is 21.7 Å². The number of allylic oxidation sites excluding steroid dienone is 1. The Morgan fingerprint density at radius 2 is 1.81 bits per heavy atom. The Kier molecular flexibility index (Phi) is 6.75. The van der Waals surface area contributed by atoms with Crippen LogP contribution in [0.5, 0.6) is 11.5 Å². The number of H-pyrrole nitrogens is 1. The number of rotatable bonds is 8. The highest BCUT2D eigenvalue weighted by molar-refractivity contribution is 7.91. The minimum Gasteiger partial charge on any atom is -0.453 e. The fourth-order valence-electron chi connectivity index (χ4n) is 6.05. The molecule has 0 radical (unpaired) electrons. The van der Waals surface area contributed by atoms with Crippen LogP contribution < -0.4 is 15.4 Å². The number of alkyl halides is 2. The Bertz CT molecular complexity index is 1830. The molecule has 0 amide bonds. The van der Waals surface area contributed by atoms with E-state index in [1.165, 1.54) is 24.4 Å². The molecule has 3 N–H and O–H groups in total. The van der Waals surface area contributed by atoms with Gasteiger partial charge >= 0.3 is 0 Å². The number of ether oxygens (including phenoxy) is 1. The fraction of sp³-hybridized carbons (Fsp3) is 0.290. The number of aromatic amines is 1. The molecule has 2 heterocycles. The van der Waals surface area contributed by atoms with E-state index in [-0.39, 0.29) is 40.0 Å². The molecule has 11 heteroatoms. The maximum atomic E-state index is 15.1. The molecule has 1 saturated carbocycles. The highest BCUT2D eigenvalue weighted by atomic mass is 32.2. The van der Waals surface area contributed by atoms with E-state index < -0.39 is 44.7 Å². The summed E-state index contributed by atoms with van der Waals surface area (Å²) < 4.78 is 90.0. The number of nitrogens with one attached hydrogen (secondary N) is 3. The van der Waals surface area contributed by atoms with Crippen molar-refractivity contribution in [1.82, 2.24) is 15.6 Å². The van der Waals surface area contributed by atoms with Gasteiger partial charge in [-0.25, -0.2) is 26.0 Å². The van der Waals surface area contributed by atoms with E-state index in [0.717, 1.165) is 42.4 Å². The molecule has 1 aliphatic heterocycles. The third kappa shape index (κ3) is 4.89. The minimum absolute atomic E-state index is 0.000654. The Morgan fingerprint density at radius 1 is 1.02 bits per heavy atom. The van der Waals surface area contributed by atoms with Crippen molar-refractivity contribution in [2.45, 2.75) is 55.0 Å². The lowest BCUT2D eigenvalue weighted by Crippen LogP contribution is -2.52. The van der Waals surface area contributed by atoms with Crippen LogP contribution in [0.4, 0.5) is 17.6 Å². The summed E-state index contributed by atoms with van der Waals surface area (Å²) in [4.78, 5) is 2.46. The molecule has 1 aromatic heterocycles. The molecule has 6 nitrogen and oxygen atoms in total. The first kappa shape index (κ1) is 28.1. The summed E-state index contributed by atoms with van der Waals surface area (Å²) in [6, 6.07) is 14.0. The van der Waals surface area contributed by atoms with E-state index in [9.17, 15) is 17.2 Å². The highest BCUT2D eigenvalue weighted by Gasteiger charge is 2.60. The van der Waals surface area contributed by atoms with Gasteiger partial charge in [0.2, 0.25) is 0 Å². The number of aryl methyl sites for hydroxylation is 1. The van der Waals surface area contributed by atoms with Gasteiger partial charge in [-0.3, -0.25) is 0 Å². The average Bonchev–Trinajstić information content (AvgIpc) is 3.58. The molecule has 1 atom stereocenters. The summed E-state index contributed by atoms with van der Waals surface area (Å²) in [5.41, 5.74) is 1.74. The van der Waals surface area contributed by atoms with E-state index in [1.54, 1.807) is 6.20 Å². The van der Waals surface area contributed by atoms with Crippen LogP contribution in [0.25, 0.3) is 10.9 Å². The molecule has 0 bridgehead atoms. The summed E-state index contributed by atoms with van der Waals surface area (Å²) in [5, 5.41) is 6.49. The second kappa shape index (κ2) is 10.1. The van der Waals surface area contributed by atoms with Gasteiger partial charge in [0.15, 0.2) is 21.4 Å². The predicted octanol–water partition coefficient (Wildman–Crippen LogP) is 6.99. The first-order chi connectivity index (χ1) is 19.9. The SMILES string of the molecule is CCCc1cccc(C2(C3=CNC(c4cc(Oc5c(F)cc6[nH]ccc6c5S(C)(=O)=O)ccc4F)N3)CC(F)(F)C2)c1. The number of benzene rings is 3. The van der Waals surface area contributed by atoms with Gasteiger partial charge in [0.1, 0.15) is 22.6 Å². The molecule has 6 rings (SSSR count). The lowest BCUT2D eigenvalue weighted by molar-refractivity contribution is -0.116. The predicted molar refractivity (Wildman–Crippen MR) is 151 cm³/mol. The monoisotopic (exact) mass is 599 g/mol. The summed E-state index contributed by atoms with van der Waals surface area (Å²) in [6.45, 7) is 2.05. The highest BCUT2D eigenvalue weighted by Crippen LogP contribution is 2.57. The van der Waals surface area contributed by atoms with Gasteiger partial charge in [-0.05, 0) is 41.8 Å². The largest absolute Gasteiger partial charge is 0.453 e. The zero-order chi connectivity index (χ0) is 29.9. The molecule has 220 valence electrons. The normalized spacial score (nSPS) is 19.1. The second-order valence-electron chi connectivity index (χ2n) is 11.1. The first-order valence-corrected chi connectivity index (χ1v) is 15.5. The number of fused-ring (bicyclic) bond motifs is 1. The van der Waals surface area contributed by atoms with Gasteiger partial charge in [-0.15, -0.1) is 0 Å². The van der Waals surface area contributed by atoms with E-state index in [4.69, 9.17) is 4.74 Å². The molecule has 1 aliphatic carbocycles. The van der Waals surface area contributed by atoms with Crippen LogP contribution in [0.1, 0.15) is 49.0 Å². The Balaban J connectivity index is 1.31. The van der Waals surface area contributed by atoms with Gasteiger partial charge in [0.05, 0.1) is 0 Å². The van der Waals surface area contributed by atoms with Crippen LogP contribution in [0, 0.1) is 11.6 Å². The van der Waals surface area contributed by atoms with Gasteiger partial charge < -0.3 is 20.4 Å². The van der Waals surface area contributed by atoms with Gasteiger partial charge in [-0.2, -0.15) is 0 Å². The van der Waals surface area contributed by atoms with E-state index in [0.29, 0.717) is 5.70 Å². The average molecular weight is 600 g/mol. The number of hydrogen-bond acceptors (Lipinski definition) is 5. The summed E-state index contributed by atoms with van der Waals surface area (Å²) in [7, 11) is -3.92. The number of halogens is 4. The topological polar surface area (TPSA) is 83.2 Å². The second-order valence-corrected chi connectivity index (χ2v) is 13.0. The van der Waals surface area contributed by atoms with Crippen LogP contribution in [0.15, 0.2) is 77.6 Å². The van der Waals surface area contributed by atoms with E-state index in [2.05, 4.69) is 22.5 Å². The van der Waals surface area contributed by atoms with Crippen LogP contribution in [-0.4, -0.2) is 25.6 Å². The van der Waals surface area contributed by atoms with Crippen LogP contribution in [0.3, 0.4) is 0 Å². The van der Waals surface area contributed by atoms with Gasteiger partial charge in [0.25, 0.3) is 5.92 Å². The molecule has 42 heavy (non-hydrogen) atoms. The Hall–Kier alpha value is -3.99. The maximum Gasteiger partial charge on any atom is 0.250 e. The zero-order valence-corrected chi connectivity index (χ0v) is 23.7. The van der Waals surface area contributed by atoms with Crippen molar-refractivity contribution in [3.05, 3.63) is 101 Å². The minimum atomic E-state index is -3.92. The third-order valence-electron chi connectivity index (χ3n) is 7.94. The van der Waals surface area contributed by atoms with Crippen molar-refractivity contribution < 1.29 is 30.7 Å². The summed E-state index contributed by atoms with van der Waals surface area (Å²) in [5.74, 6) is -4.86. The van der Waals surface area contributed by atoms with Gasteiger partial charge in [-0.1, -0.05) is 37.6 Å². The fourth-order valence-corrected chi connectivity index (χ4v) is 7.11. The molecule has 0 saturated heterocycles. The molecular weight excluding hydrogens is 570 g/mol.